The second-order valence-corrected chi connectivity index (χ2v) is 4.11. The Labute approximate surface area is 87.7 Å². The lowest BCUT2D eigenvalue weighted by Crippen LogP contribution is -2.40. The van der Waals surface area contributed by atoms with Crippen molar-refractivity contribution in [1.82, 2.24) is 9.88 Å². The summed E-state index contributed by atoms with van der Waals surface area (Å²) >= 11 is 1.54. The summed E-state index contributed by atoms with van der Waals surface area (Å²) in [4.78, 5) is 17.3. The molecule has 1 atom stereocenters. The van der Waals surface area contributed by atoms with Gasteiger partial charge in [0, 0.05) is 18.6 Å². The van der Waals surface area contributed by atoms with Gasteiger partial charge >= 0.3 is 0 Å². The molecular weight excluding hydrogens is 198 g/mol. The van der Waals surface area contributed by atoms with Crippen LogP contribution in [0.2, 0.25) is 0 Å². The van der Waals surface area contributed by atoms with E-state index in [1.165, 1.54) is 0 Å². The zero-order valence-corrected chi connectivity index (χ0v) is 9.25. The van der Waals surface area contributed by atoms with E-state index >= 15 is 0 Å². The van der Waals surface area contributed by atoms with Crippen LogP contribution in [0, 0.1) is 0 Å². The molecule has 0 fully saturated rings. The summed E-state index contributed by atoms with van der Waals surface area (Å²) in [6, 6.07) is -0.389. The Morgan fingerprint density at radius 3 is 3.00 bits per heavy atom. The fourth-order valence-electron chi connectivity index (χ4n) is 1.07. The summed E-state index contributed by atoms with van der Waals surface area (Å²) < 4.78 is 0. The van der Waals surface area contributed by atoms with E-state index < -0.39 is 0 Å². The molecule has 0 radical (unpaired) electrons. The molecule has 4 nitrogen and oxygen atoms in total. The van der Waals surface area contributed by atoms with E-state index in [9.17, 15) is 4.79 Å². The maximum Gasteiger partial charge on any atom is 0.239 e. The molecule has 5 heteroatoms. The van der Waals surface area contributed by atoms with E-state index in [-0.39, 0.29) is 11.9 Å². The van der Waals surface area contributed by atoms with Gasteiger partial charge in [-0.3, -0.25) is 4.79 Å². The number of amides is 1. The Bertz CT molecular complexity index is 286. The highest BCUT2D eigenvalue weighted by Crippen LogP contribution is 2.07. The number of likely N-dealkylation sites (N-methyl/N-ethyl adjacent to an activating group) is 1. The largest absolute Gasteiger partial charge is 0.338 e. The first-order valence-corrected chi connectivity index (χ1v) is 5.42. The van der Waals surface area contributed by atoms with Gasteiger partial charge in [-0.2, -0.15) is 0 Å². The molecule has 0 aliphatic heterocycles. The first-order chi connectivity index (χ1) is 6.65. The molecule has 0 bridgehead atoms. The van der Waals surface area contributed by atoms with Gasteiger partial charge in [0.25, 0.3) is 0 Å². The van der Waals surface area contributed by atoms with Crippen molar-refractivity contribution in [2.75, 3.05) is 7.05 Å². The van der Waals surface area contributed by atoms with Crippen LogP contribution in [-0.4, -0.2) is 28.9 Å². The Kier molecular flexibility index (Phi) is 4.03. The molecule has 0 saturated heterocycles. The van der Waals surface area contributed by atoms with E-state index in [4.69, 9.17) is 5.73 Å². The molecular formula is C9H15N3OS. The third-order valence-corrected chi connectivity index (χ3v) is 2.75. The van der Waals surface area contributed by atoms with E-state index in [2.05, 4.69) is 4.98 Å². The average Bonchev–Trinajstić information content (AvgIpc) is 2.68. The van der Waals surface area contributed by atoms with Gasteiger partial charge in [-0.25, -0.2) is 4.98 Å². The number of nitrogens with zero attached hydrogens (tertiary/aromatic N) is 2. The van der Waals surface area contributed by atoms with Crippen molar-refractivity contribution in [2.24, 2.45) is 5.73 Å². The van der Waals surface area contributed by atoms with E-state index in [1.54, 1.807) is 29.5 Å². The van der Waals surface area contributed by atoms with Crippen LogP contribution in [0.25, 0.3) is 0 Å². The highest BCUT2D eigenvalue weighted by atomic mass is 32.1. The quantitative estimate of drug-likeness (QED) is 0.806. The second kappa shape index (κ2) is 5.07. The van der Waals surface area contributed by atoms with Gasteiger partial charge in [-0.1, -0.05) is 6.92 Å². The van der Waals surface area contributed by atoms with Gasteiger partial charge in [0.05, 0.1) is 12.6 Å². The van der Waals surface area contributed by atoms with E-state index in [0.717, 1.165) is 5.01 Å². The van der Waals surface area contributed by atoms with Crippen molar-refractivity contribution >= 4 is 17.2 Å². The highest BCUT2D eigenvalue weighted by Gasteiger charge is 2.16. The Morgan fingerprint density at radius 2 is 2.50 bits per heavy atom. The summed E-state index contributed by atoms with van der Waals surface area (Å²) in [6.45, 7) is 2.45. The molecule has 1 aromatic rings. The van der Waals surface area contributed by atoms with E-state index in [1.807, 2.05) is 12.3 Å². The van der Waals surface area contributed by atoms with Crippen LogP contribution >= 0.6 is 11.3 Å². The van der Waals surface area contributed by atoms with Crippen molar-refractivity contribution in [1.29, 1.82) is 0 Å². The van der Waals surface area contributed by atoms with Crippen molar-refractivity contribution in [3.63, 3.8) is 0 Å². The minimum absolute atomic E-state index is 0.0253. The van der Waals surface area contributed by atoms with E-state index in [0.29, 0.717) is 13.0 Å². The number of nitrogens with two attached hydrogens (primary N) is 1. The molecule has 1 rings (SSSR count). The zero-order valence-electron chi connectivity index (χ0n) is 8.43. The zero-order chi connectivity index (χ0) is 10.6. The maximum atomic E-state index is 11.6. The topological polar surface area (TPSA) is 59.2 Å². The molecule has 0 spiro atoms. The van der Waals surface area contributed by atoms with Gasteiger partial charge in [0.15, 0.2) is 0 Å². The molecule has 1 heterocycles. The monoisotopic (exact) mass is 213 g/mol. The second-order valence-electron chi connectivity index (χ2n) is 3.13. The fraction of sp³-hybridized carbons (Fsp3) is 0.556. The van der Waals surface area contributed by atoms with Gasteiger partial charge in [-0.05, 0) is 6.42 Å². The number of rotatable bonds is 4. The Balaban J connectivity index is 2.50. The minimum Gasteiger partial charge on any atom is -0.338 e. The van der Waals surface area contributed by atoms with Crippen LogP contribution in [0.1, 0.15) is 18.4 Å². The molecule has 0 unspecified atom stereocenters. The predicted molar refractivity (Wildman–Crippen MR) is 56.9 cm³/mol. The van der Waals surface area contributed by atoms with Crippen LogP contribution in [0.3, 0.4) is 0 Å². The average molecular weight is 213 g/mol. The molecule has 78 valence electrons. The Hall–Kier alpha value is -0.940. The van der Waals surface area contributed by atoms with Gasteiger partial charge in [0.1, 0.15) is 5.01 Å². The third-order valence-electron chi connectivity index (χ3n) is 1.99. The first-order valence-electron chi connectivity index (χ1n) is 4.54. The highest BCUT2D eigenvalue weighted by molar-refractivity contribution is 7.09. The fourth-order valence-corrected chi connectivity index (χ4v) is 1.74. The van der Waals surface area contributed by atoms with Crippen LogP contribution in [0.4, 0.5) is 0 Å². The molecule has 0 saturated carbocycles. The van der Waals surface area contributed by atoms with Crippen molar-refractivity contribution in [3.05, 3.63) is 16.6 Å². The van der Waals surface area contributed by atoms with Crippen LogP contribution in [0.5, 0.6) is 0 Å². The molecule has 1 amide bonds. The number of thiazole rings is 1. The minimum atomic E-state index is -0.389. The summed E-state index contributed by atoms with van der Waals surface area (Å²) in [6.07, 6.45) is 2.40. The van der Waals surface area contributed by atoms with Crippen LogP contribution < -0.4 is 5.73 Å². The van der Waals surface area contributed by atoms with Crippen molar-refractivity contribution < 1.29 is 4.79 Å². The SMILES string of the molecule is CC[C@H](N)C(=O)N(C)Cc1nccs1. The lowest BCUT2D eigenvalue weighted by molar-refractivity contribution is -0.131. The molecule has 1 aromatic heterocycles. The van der Waals surface area contributed by atoms with Crippen LogP contribution in [0.15, 0.2) is 11.6 Å². The van der Waals surface area contributed by atoms with Crippen molar-refractivity contribution in [2.45, 2.75) is 25.9 Å². The standard InChI is InChI=1S/C9H15N3OS/c1-3-7(10)9(13)12(2)6-8-11-4-5-14-8/h4-5,7H,3,6,10H2,1-2H3/t7-/m0/s1. The predicted octanol–water partition coefficient (Wildman–Crippen LogP) is 0.839. The number of aromatic nitrogens is 1. The summed E-state index contributed by atoms with van der Waals surface area (Å²) in [7, 11) is 1.75. The summed E-state index contributed by atoms with van der Waals surface area (Å²) in [5.41, 5.74) is 5.64. The number of carbonyl (C=O) groups is 1. The first kappa shape index (κ1) is 11.1. The molecule has 0 aliphatic carbocycles. The maximum absolute atomic E-state index is 11.6. The molecule has 0 aliphatic rings. The number of hydrogen-bond acceptors (Lipinski definition) is 4. The van der Waals surface area contributed by atoms with Gasteiger partial charge in [-0.15, -0.1) is 11.3 Å². The normalized spacial score (nSPS) is 12.5. The third kappa shape index (κ3) is 2.78. The van der Waals surface area contributed by atoms with Gasteiger partial charge in [0.2, 0.25) is 5.91 Å². The van der Waals surface area contributed by atoms with Crippen molar-refractivity contribution in [3.8, 4) is 0 Å². The molecule has 14 heavy (non-hydrogen) atoms. The molecule has 2 N–H and O–H groups in total. The summed E-state index contributed by atoms with van der Waals surface area (Å²) in [5, 5.41) is 2.83. The van der Waals surface area contributed by atoms with Gasteiger partial charge < -0.3 is 10.6 Å². The number of hydrogen-bond donors (Lipinski definition) is 1. The smallest absolute Gasteiger partial charge is 0.239 e. The lowest BCUT2D eigenvalue weighted by Gasteiger charge is -2.19. The summed E-state index contributed by atoms with van der Waals surface area (Å²) in [5.74, 6) is -0.0253. The number of carbonyl (C=O) groups excluding carboxylic acids is 1. The van der Waals surface area contributed by atoms with Crippen LogP contribution in [-0.2, 0) is 11.3 Å². The molecule has 0 aromatic carbocycles. The Morgan fingerprint density at radius 1 is 1.79 bits per heavy atom. The lowest BCUT2D eigenvalue weighted by atomic mass is 10.2.